The van der Waals surface area contributed by atoms with Gasteiger partial charge in [-0.15, -0.1) is 12.4 Å². The Hall–Kier alpha value is -0.280. The number of piperidine rings is 1. The summed E-state index contributed by atoms with van der Waals surface area (Å²) in [5, 5.41) is 0. The molecular formula is C12H23ClN2O. The molecule has 1 saturated heterocycles. The van der Waals surface area contributed by atoms with Crippen molar-refractivity contribution in [1.82, 2.24) is 4.90 Å². The predicted octanol–water partition coefficient (Wildman–Crippen LogP) is 1.94. The number of nitrogens with two attached hydrogens (primary N) is 1. The minimum Gasteiger partial charge on any atom is -0.341 e. The Balaban J connectivity index is 0.00000128. The molecule has 0 bridgehead atoms. The molecule has 0 aromatic heterocycles. The largest absolute Gasteiger partial charge is 0.341 e. The molecule has 2 aliphatic rings. The topological polar surface area (TPSA) is 46.3 Å². The summed E-state index contributed by atoms with van der Waals surface area (Å²) in [7, 11) is 0. The summed E-state index contributed by atoms with van der Waals surface area (Å²) in [5.74, 6) is 0.195. The van der Waals surface area contributed by atoms with Crippen molar-refractivity contribution in [3.05, 3.63) is 0 Å². The summed E-state index contributed by atoms with van der Waals surface area (Å²) in [4.78, 5) is 14.0. The molecule has 0 aromatic rings. The zero-order valence-electron chi connectivity index (χ0n) is 10.3. The molecule has 16 heavy (non-hydrogen) atoms. The maximum atomic E-state index is 12.0. The lowest BCUT2D eigenvalue weighted by atomic mass is 9.78. The fourth-order valence-electron chi connectivity index (χ4n) is 2.27. The first-order valence-electron chi connectivity index (χ1n) is 6.07. The van der Waals surface area contributed by atoms with Gasteiger partial charge in [-0.3, -0.25) is 4.79 Å². The number of hydrogen-bond acceptors (Lipinski definition) is 2. The molecule has 1 amide bonds. The SMILES string of the molecule is CCC1(C)CCN(C(=O)C2(N)CC2)CC1.Cl. The van der Waals surface area contributed by atoms with E-state index < -0.39 is 5.54 Å². The van der Waals surface area contributed by atoms with Crippen LogP contribution in [-0.2, 0) is 4.79 Å². The molecule has 2 fully saturated rings. The van der Waals surface area contributed by atoms with Gasteiger partial charge in [-0.05, 0) is 31.1 Å². The van der Waals surface area contributed by atoms with E-state index in [2.05, 4.69) is 13.8 Å². The molecule has 2 N–H and O–H groups in total. The van der Waals surface area contributed by atoms with Crippen molar-refractivity contribution in [3.63, 3.8) is 0 Å². The monoisotopic (exact) mass is 246 g/mol. The van der Waals surface area contributed by atoms with E-state index in [0.717, 1.165) is 38.8 Å². The number of halogens is 1. The van der Waals surface area contributed by atoms with E-state index in [-0.39, 0.29) is 18.3 Å². The van der Waals surface area contributed by atoms with Crippen LogP contribution >= 0.6 is 12.4 Å². The summed E-state index contributed by atoms with van der Waals surface area (Å²) in [6.07, 6.45) is 5.24. The van der Waals surface area contributed by atoms with Crippen LogP contribution in [0.4, 0.5) is 0 Å². The second-order valence-electron chi connectivity index (χ2n) is 5.61. The van der Waals surface area contributed by atoms with Crippen LogP contribution in [0.3, 0.4) is 0 Å². The Morgan fingerprint density at radius 3 is 2.12 bits per heavy atom. The number of likely N-dealkylation sites (tertiary alicyclic amines) is 1. The van der Waals surface area contributed by atoms with Crippen LogP contribution in [0.1, 0.15) is 46.0 Å². The Labute approximate surface area is 104 Å². The maximum absolute atomic E-state index is 12.0. The normalized spacial score (nSPS) is 25.8. The number of rotatable bonds is 2. The number of amides is 1. The zero-order valence-corrected chi connectivity index (χ0v) is 11.1. The maximum Gasteiger partial charge on any atom is 0.242 e. The van der Waals surface area contributed by atoms with Crippen molar-refractivity contribution in [2.75, 3.05) is 13.1 Å². The Kier molecular flexibility index (Phi) is 3.91. The Morgan fingerprint density at radius 1 is 1.25 bits per heavy atom. The molecule has 1 aliphatic heterocycles. The first kappa shape index (κ1) is 13.8. The zero-order chi connectivity index (χ0) is 11.1. The molecule has 2 rings (SSSR count). The highest BCUT2D eigenvalue weighted by atomic mass is 35.5. The lowest BCUT2D eigenvalue weighted by Gasteiger charge is -2.39. The molecule has 0 spiro atoms. The Morgan fingerprint density at radius 2 is 1.75 bits per heavy atom. The quantitative estimate of drug-likeness (QED) is 0.810. The third-order valence-corrected chi connectivity index (χ3v) is 4.33. The van der Waals surface area contributed by atoms with E-state index in [1.54, 1.807) is 0 Å². The molecule has 0 aromatic carbocycles. The van der Waals surface area contributed by atoms with Gasteiger partial charge >= 0.3 is 0 Å². The second-order valence-corrected chi connectivity index (χ2v) is 5.61. The first-order chi connectivity index (χ1) is 6.99. The van der Waals surface area contributed by atoms with Gasteiger partial charge in [0.15, 0.2) is 0 Å². The van der Waals surface area contributed by atoms with Crippen molar-refractivity contribution >= 4 is 18.3 Å². The van der Waals surface area contributed by atoms with Crippen molar-refractivity contribution in [2.45, 2.75) is 51.5 Å². The van der Waals surface area contributed by atoms with E-state index in [9.17, 15) is 4.79 Å². The van der Waals surface area contributed by atoms with E-state index in [4.69, 9.17) is 5.73 Å². The molecule has 3 nitrogen and oxygen atoms in total. The predicted molar refractivity (Wildman–Crippen MR) is 67.6 cm³/mol. The highest BCUT2D eigenvalue weighted by molar-refractivity contribution is 5.89. The fraction of sp³-hybridized carbons (Fsp3) is 0.917. The van der Waals surface area contributed by atoms with Gasteiger partial charge in [0.2, 0.25) is 5.91 Å². The lowest BCUT2D eigenvalue weighted by Crippen LogP contribution is -2.50. The van der Waals surface area contributed by atoms with Gasteiger partial charge in [0.05, 0.1) is 5.54 Å². The van der Waals surface area contributed by atoms with Gasteiger partial charge < -0.3 is 10.6 Å². The molecule has 1 aliphatic carbocycles. The standard InChI is InChI=1S/C12H22N2O.ClH/c1-3-11(2)6-8-14(9-7-11)10(15)12(13)4-5-12;/h3-9,13H2,1-2H3;1H. The van der Waals surface area contributed by atoms with Crippen LogP contribution in [-0.4, -0.2) is 29.4 Å². The van der Waals surface area contributed by atoms with E-state index in [0.29, 0.717) is 5.41 Å². The average molecular weight is 247 g/mol. The van der Waals surface area contributed by atoms with Gasteiger partial charge in [0, 0.05) is 13.1 Å². The fourth-order valence-corrected chi connectivity index (χ4v) is 2.27. The Bertz CT molecular complexity index is 268. The molecule has 0 unspecified atom stereocenters. The average Bonchev–Trinajstić information content (AvgIpc) is 2.98. The second kappa shape index (κ2) is 4.53. The van der Waals surface area contributed by atoms with Crippen LogP contribution in [0.25, 0.3) is 0 Å². The summed E-state index contributed by atoms with van der Waals surface area (Å²) in [5.41, 5.74) is 5.90. The molecule has 1 heterocycles. The molecule has 0 radical (unpaired) electrons. The van der Waals surface area contributed by atoms with Gasteiger partial charge in [-0.1, -0.05) is 20.3 Å². The van der Waals surface area contributed by atoms with Gasteiger partial charge in [0.1, 0.15) is 0 Å². The van der Waals surface area contributed by atoms with Crippen LogP contribution in [0.2, 0.25) is 0 Å². The van der Waals surface area contributed by atoms with Gasteiger partial charge in [0.25, 0.3) is 0 Å². The summed E-state index contributed by atoms with van der Waals surface area (Å²) < 4.78 is 0. The van der Waals surface area contributed by atoms with Crippen LogP contribution in [0.5, 0.6) is 0 Å². The lowest BCUT2D eigenvalue weighted by molar-refractivity contribution is -0.135. The van der Waals surface area contributed by atoms with Crippen LogP contribution < -0.4 is 5.73 Å². The van der Waals surface area contributed by atoms with E-state index in [1.165, 1.54) is 6.42 Å². The number of hydrogen-bond donors (Lipinski definition) is 1. The molecular weight excluding hydrogens is 224 g/mol. The van der Waals surface area contributed by atoms with Crippen LogP contribution in [0, 0.1) is 5.41 Å². The molecule has 0 atom stereocenters. The van der Waals surface area contributed by atoms with E-state index >= 15 is 0 Å². The highest BCUT2D eigenvalue weighted by Crippen LogP contribution is 2.38. The molecule has 1 saturated carbocycles. The van der Waals surface area contributed by atoms with Gasteiger partial charge in [-0.25, -0.2) is 0 Å². The van der Waals surface area contributed by atoms with Crippen molar-refractivity contribution in [3.8, 4) is 0 Å². The summed E-state index contributed by atoms with van der Waals surface area (Å²) in [6, 6.07) is 0. The van der Waals surface area contributed by atoms with Crippen LogP contribution in [0.15, 0.2) is 0 Å². The van der Waals surface area contributed by atoms with Crippen molar-refractivity contribution < 1.29 is 4.79 Å². The number of nitrogens with zero attached hydrogens (tertiary/aromatic N) is 1. The minimum absolute atomic E-state index is 0. The van der Waals surface area contributed by atoms with Gasteiger partial charge in [-0.2, -0.15) is 0 Å². The van der Waals surface area contributed by atoms with Crippen molar-refractivity contribution in [1.29, 1.82) is 0 Å². The summed E-state index contributed by atoms with van der Waals surface area (Å²) >= 11 is 0. The van der Waals surface area contributed by atoms with Crippen molar-refractivity contribution in [2.24, 2.45) is 11.1 Å². The third kappa shape index (κ3) is 2.51. The number of carbonyl (C=O) groups excluding carboxylic acids is 1. The molecule has 4 heteroatoms. The van der Waals surface area contributed by atoms with E-state index in [1.807, 2.05) is 4.90 Å². The highest BCUT2D eigenvalue weighted by Gasteiger charge is 2.48. The first-order valence-corrected chi connectivity index (χ1v) is 6.07. The smallest absolute Gasteiger partial charge is 0.242 e. The number of carbonyl (C=O) groups is 1. The third-order valence-electron chi connectivity index (χ3n) is 4.33. The summed E-state index contributed by atoms with van der Waals surface area (Å²) in [6.45, 7) is 6.37. The molecule has 94 valence electrons. The minimum atomic E-state index is -0.472.